The first kappa shape index (κ1) is 18.4. The lowest BCUT2D eigenvalue weighted by atomic mass is 10.1. The third-order valence-electron chi connectivity index (χ3n) is 4.12. The first-order valence-electron chi connectivity index (χ1n) is 8.58. The Morgan fingerprint density at radius 2 is 1.83 bits per heavy atom. The quantitative estimate of drug-likeness (QED) is 0.770. The second-order valence-corrected chi connectivity index (χ2v) is 5.94. The molecule has 0 saturated carbocycles. The maximum absolute atomic E-state index is 12.5. The molecular weight excluding hydrogens is 306 g/mol. The van der Waals surface area contributed by atoms with Crippen molar-refractivity contribution in [3.63, 3.8) is 0 Å². The van der Waals surface area contributed by atoms with Gasteiger partial charge in [-0.05, 0) is 18.5 Å². The van der Waals surface area contributed by atoms with Crippen LogP contribution in [0, 0.1) is 0 Å². The molecule has 2 rings (SSSR count). The molecule has 0 unspecified atom stereocenters. The predicted octanol–water partition coefficient (Wildman–Crippen LogP) is 1.00. The van der Waals surface area contributed by atoms with E-state index in [1.54, 1.807) is 9.80 Å². The minimum atomic E-state index is 0.00825. The van der Waals surface area contributed by atoms with Gasteiger partial charge < -0.3 is 20.3 Å². The summed E-state index contributed by atoms with van der Waals surface area (Å²) < 4.78 is 5.24. The van der Waals surface area contributed by atoms with Crippen LogP contribution in [0.5, 0.6) is 0 Å². The molecule has 24 heavy (non-hydrogen) atoms. The maximum Gasteiger partial charge on any atom is 0.223 e. The molecule has 1 saturated heterocycles. The summed E-state index contributed by atoms with van der Waals surface area (Å²) in [6, 6.07) is 9.88. The fraction of sp³-hybridized carbons (Fsp3) is 0.556. The van der Waals surface area contributed by atoms with Crippen molar-refractivity contribution < 1.29 is 14.3 Å². The minimum absolute atomic E-state index is 0.00825. The summed E-state index contributed by atoms with van der Waals surface area (Å²) in [5.41, 5.74) is 6.66. The molecule has 6 nitrogen and oxygen atoms in total. The number of morpholine rings is 1. The van der Waals surface area contributed by atoms with E-state index in [9.17, 15) is 9.59 Å². The number of nitrogens with zero attached hydrogens (tertiary/aromatic N) is 2. The number of rotatable bonds is 8. The maximum atomic E-state index is 12.5. The lowest BCUT2D eigenvalue weighted by Crippen LogP contribution is -2.41. The van der Waals surface area contributed by atoms with Crippen molar-refractivity contribution in [1.82, 2.24) is 9.80 Å². The van der Waals surface area contributed by atoms with Gasteiger partial charge in [-0.15, -0.1) is 0 Å². The van der Waals surface area contributed by atoms with Crippen LogP contribution in [-0.2, 0) is 20.9 Å². The Hall–Kier alpha value is -1.92. The van der Waals surface area contributed by atoms with Crippen molar-refractivity contribution in [2.45, 2.75) is 25.8 Å². The van der Waals surface area contributed by atoms with Gasteiger partial charge in [0.25, 0.3) is 0 Å². The molecule has 0 atom stereocenters. The Kier molecular flexibility index (Phi) is 7.71. The fourth-order valence-corrected chi connectivity index (χ4v) is 2.72. The Bertz CT molecular complexity index is 516. The van der Waals surface area contributed by atoms with Gasteiger partial charge in [-0.3, -0.25) is 9.59 Å². The van der Waals surface area contributed by atoms with Crippen molar-refractivity contribution in [2.75, 3.05) is 39.4 Å². The largest absolute Gasteiger partial charge is 0.378 e. The van der Waals surface area contributed by atoms with Crippen LogP contribution in [0.1, 0.15) is 24.8 Å². The number of carbonyl (C=O) groups excluding carboxylic acids is 2. The van der Waals surface area contributed by atoms with E-state index >= 15 is 0 Å². The third kappa shape index (κ3) is 5.94. The monoisotopic (exact) mass is 333 g/mol. The smallest absolute Gasteiger partial charge is 0.223 e. The number of ether oxygens (including phenoxy) is 1. The second kappa shape index (κ2) is 10.1. The highest BCUT2D eigenvalue weighted by Crippen LogP contribution is 2.09. The molecule has 1 aromatic carbocycles. The van der Waals surface area contributed by atoms with Gasteiger partial charge in [0.2, 0.25) is 11.8 Å². The molecule has 0 bridgehead atoms. The Morgan fingerprint density at radius 1 is 1.12 bits per heavy atom. The van der Waals surface area contributed by atoms with Crippen LogP contribution in [0.25, 0.3) is 0 Å². The highest BCUT2D eigenvalue weighted by atomic mass is 16.5. The lowest BCUT2D eigenvalue weighted by Gasteiger charge is -2.27. The summed E-state index contributed by atoms with van der Waals surface area (Å²) in [4.78, 5) is 28.3. The van der Waals surface area contributed by atoms with Gasteiger partial charge in [0.05, 0.1) is 13.2 Å². The molecule has 0 aromatic heterocycles. The Labute approximate surface area is 143 Å². The van der Waals surface area contributed by atoms with E-state index in [-0.39, 0.29) is 24.7 Å². The van der Waals surface area contributed by atoms with Crippen LogP contribution < -0.4 is 5.73 Å². The molecule has 1 aliphatic rings. The average Bonchev–Trinajstić information content (AvgIpc) is 2.64. The number of nitrogens with two attached hydrogens (primary N) is 1. The van der Waals surface area contributed by atoms with Crippen molar-refractivity contribution in [2.24, 2.45) is 5.73 Å². The minimum Gasteiger partial charge on any atom is -0.378 e. The Balaban J connectivity index is 1.85. The van der Waals surface area contributed by atoms with E-state index < -0.39 is 0 Å². The molecule has 0 radical (unpaired) electrons. The molecular formula is C18H27N3O3. The van der Waals surface area contributed by atoms with Gasteiger partial charge in [0.15, 0.2) is 0 Å². The first-order chi connectivity index (χ1) is 11.7. The molecule has 1 fully saturated rings. The third-order valence-corrected chi connectivity index (χ3v) is 4.12. The van der Waals surface area contributed by atoms with E-state index in [0.717, 1.165) is 12.0 Å². The standard InChI is InChI=1S/C18H27N3O3/c19-9-4-10-21(15-16-5-2-1-3-6-16)18(23)8-7-17(22)20-11-13-24-14-12-20/h1-3,5-6H,4,7-15,19H2. The van der Waals surface area contributed by atoms with E-state index in [0.29, 0.717) is 45.9 Å². The zero-order chi connectivity index (χ0) is 17.2. The van der Waals surface area contributed by atoms with Gasteiger partial charge in [-0.25, -0.2) is 0 Å². The number of hydrogen-bond acceptors (Lipinski definition) is 4. The van der Waals surface area contributed by atoms with E-state index in [4.69, 9.17) is 10.5 Å². The second-order valence-electron chi connectivity index (χ2n) is 5.94. The van der Waals surface area contributed by atoms with Gasteiger partial charge >= 0.3 is 0 Å². The first-order valence-corrected chi connectivity index (χ1v) is 8.58. The lowest BCUT2D eigenvalue weighted by molar-refractivity contribution is -0.139. The summed E-state index contributed by atoms with van der Waals surface area (Å²) in [5.74, 6) is 0.0408. The molecule has 0 aliphatic carbocycles. The predicted molar refractivity (Wildman–Crippen MR) is 92.2 cm³/mol. The molecule has 1 aromatic rings. The van der Waals surface area contributed by atoms with Crippen molar-refractivity contribution in [3.05, 3.63) is 35.9 Å². The molecule has 0 spiro atoms. The summed E-state index contributed by atoms with van der Waals surface area (Å²) in [5, 5.41) is 0. The van der Waals surface area contributed by atoms with Crippen molar-refractivity contribution >= 4 is 11.8 Å². The molecule has 2 N–H and O–H groups in total. The highest BCUT2D eigenvalue weighted by Gasteiger charge is 2.20. The van der Waals surface area contributed by atoms with Crippen LogP contribution in [0.15, 0.2) is 30.3 Å². The van der Waals surface area contributed by atoms with E-state index in [2.05, 4.69) is 0 Å². The van der Waals surface area contributed by atoms with Gasteiger partial charge in [0, 0.05) is 39.0 Å². The molecule has 132 valence electrons. The zero-order valence-corrected chi connectivity index (χ0v) is 14.2. The number of hydrogen-bond donors (Lipinski definition) is 1. The summed E-state index contributed by atoms with van der Waals surface area (Å²) >= 11 is 0. The van der Waals surface area contributed by atoms with Crippen LogP contribution in [0.3, 0.4) is 0 Å². The summed E-state index contributed by atoms with van der Waals surface area (Å²) in [6.45, 7) is 4.13. The van der Waals surface area contributed by atoms with Gasteiger partial charge in [0.1, 0.15) is 0 Å². The van der Waals surface area contributed by atoms with E-state index in [1.165, 1.54) is 0 Å². The van der Waals surface area contributed by atoms with Crippen LogP contribution in [0.2, 0.25) is 0 Å². The molecule has 1 aliphatic heterocycles. The molecule has 6 heteroatoms. The van der Waals surface area contributed by atoms with E-state index in [1.807, 2.05) is 30.3 Å². The highest BCUT2D eigenvalue weighted by molar-refractivity contribution is 5.83. The topological polar surface area (TPSA) is 75.9 Å². The van der Waals surface area contributed by atoms with Gasteiger partial charge in [-0.1, -0.05) is 30.3 Å². The fourth-order valence-electron chi connectivity index (χ4n) is 2.72. The number of carbonyl (C=O) groups is 2. The Morgan fingerprint density at radius 3 is 2.50 bits per heavy atom. The van der Waals surface area contributed by atoms with Crippen LogP contribution in [-0.4, -0.2) is 61.0 Å². The summed E-state index contributed by atoms with van der Waals surface area (Å²) in [6.07, 6.45) is 1.26. The van der Waals surface area contributed by atoms with Crippen molar-refractivity contribution in [3.8, 4) is 0 Å². The van der Waals surface area contributed by atoms with Crippen molar-refractivity contribution in [1.29, 1.82) is 0 Å². The average molecular weight is 333 g/mol. The molecule has 2 amide bonds. The zero-order valence-electron chi connectivity index (χ0n) is 14.2. The normalized spacial score (nSPS) is 14.5. The van der Waals surface area contributed by atoms with Crippen LogP contribution >= 0.6 is 0 Å². The molecule has 1 heterocycles. The van der Waals surface area contributed by atoms with Crippen LogP contribution in [0.4, 0.5) is 0 Å². The summed E-state index contributed by atoms with van der Waals surface area (Å²) in [7, 11) is 0. The van der Waals surface area contributed by atoms with Gasteiger partial charge in [-0.2, -0.15) is 0 Å². The number of amides is 2. The SMILES string of the molecule is NCCCN(Cc1ccccc1)C(=O)CCC(=O)N1CCOCC1. The number of benzene rings is 1.